The largest absolute Gasteiger partial charge is 0.480 e. The number of benzene rings is 1. The molecule has 1 aromatic carbocycles. The number of aliphatic carboxylic acids is 1. The van der Waals surface area contributed by atoms with Crippen LogP contribution in [0.1, 0.15) is 42.7 Å². The summed E-state index contributed by atoms with van der Waals surface area (Å²) < 4.78 is 0. The number of rotatable bonds is 5. The van der Waals surface area contributed by atoms with Gasteiger partial charge in [-0.25, -0.2) is 4.79 Å². The summed E-state index contributed by atoms with van der Waals surface area (Å²) in [6, 6.07) is 7.59. The molecular formula is C16H20N2O3. The van der Waals surface area contributed by atoms with Crippen molar-refractivity contribution in [1.29, 1.82) is 0 Å². The van der Waals surface area contributed by atoms with Crippen LogP contribution < -0.4 is 5.32 Å². The lowest BCUT2D eigenvalue weighted by Crippen LogP contribution is -2.52. The maximum absolute atomic E-state index is 12.3. The molecule has 1 atom stereocenters. The SMILES string of the molecule is CCCC(C)(NC(=O)c1cc2ccc(C)cc2[nH]1)C(=O)O. The summed E-state index contributed by atoms with van der Waals surface area (Å²) in [4.78, 5) is 26.7. The average molecular weight is 288 g/mol. The van der Waals surface area contributed by atoms with E-state index in [1.54, 1.807) is 6.07 Å². The van der Waals surface area contributed by atoms with E-state index in [4.69, 9.17) is 0 Å². The van der Waals surface area contributed by atoms with Gasteiger partial charge in [-0.1, -0.05) is 25.5 Å². The maximum atomic E-state index is 12.3. The number of aromatic amines is 1. The number of H-pyrrole nitrogens is 1. The number of aromatic nitrogens is 1. The van der Waals surface area contributed by atoms with Gasteiger partial charge >= 0.3 is 5.97 Å². The fraction of sp³-hybridized carbons (Fsp3) is 0.375. The number of carbonyl (C=O) groups is 2. The summed E-state index contributed by atoms with van der Waals surface area (Å²) in [6.07, 6.45) is 1.06. The van der Waals surface area contributed by atoms with Crippen molar-refractivity contribution in [3.63, 3.8) is 0 Å². The molecule has 0 aliphatic heterocycles. The Morgan fingerprint density at radius 1 is 1.33 bits per heavy atom. The summed E-state index contributed by atoms with van der Waals surface area (Å²) in [5, 5.41) is 12.9. The van der Waals surface area contributed by atoms with Crippen LogP contribution in [-0.4, -0.2) is 27.5 Å². The van der Waals surface area contributed by atoms with E-state index >= 15 is 0 Å². The lowest BCUT2D eigenvalue weighted by atomic mass is 9.96. The smallest absolute Gasteiger partial charge is 0.329 e. The molecule has 0 aliphatic carbocycles. The highest BCUT2D eigenvalue weighted by molar-refractivity contribution is 6.00. The minimum Gasteiger partial charge on any atom is -0.480 e. The van der Waals surface area contributed by atoms with E-state index in [1.807, 2.05) is 32.0 Å². The second-order valence-electron chi connectivity index (χ2n) is 5.62. The molecule has 0 saturated carbocycles. The topological polar surface area (TPSA) is 82.2 Å². The van der Waals surface area contributed by atoms with Crippen molar-refractivity contribution in [3.05, 3.63) is 35.5 Å². The molecule has 0 aliphatic rings. The molecule has 5 heteroatoms. The van der Waals surface area contributed by atoms with Gasteiger partial charge < -0.3 is 15.4 Å². The molecule has 2 rings (SSSR count). The molecular weight excluding hydrogens is 268 g/mol. The number of amides is 1. The molecule has 1 unspecified atom stereocenters. The number of aryl methyl sites for hydroxylation is 1. The quantitative estimate of drug-likeness (QED) is 0.791. The van der Waals surface area contributed by atoms with Gasteiger partial charge in [0.15, 0.2) is 0 Å². The summed E-state index contributed by atoms with van der Waals surface area (Å²) in [5.41, 5.74) is 1.09. The number of fused-ring (bicyclic) bond motifs is 1. The van der Waals surface area contributed by atoms with Crippen molar-refractivity contribution < 1.29 is 14.7 Å². The molecule has 1 amide bonds. The van der Waals surface area contributed by atoms with Crippen LogP contribution >= 0.6 is 0 Å². The first-order valence-corrected chi connectivity index (χ1v) is 7.01. The van der Waals surface area contributed by atoms with Gasteiger partial charge in [0.1, 0.15) is 11.2 Å². The van der Waals surface area contributed by atoms with E-state index in [-0.39, 0.29) is 0 Å². The molecule has 0 bridgehead atoms. The number of carboxylic acid groups (broad SMARTS) is 1. The Morgan fingerprint density at radius 2 is 2.05 bits per heavy atom. The number of carboxylic acids is 1. The molecule has 1 aromatic heterocycles. The van der Waals surface area contributed by atoms with Crippen molar-refractivity contribution in [3.8, 4) is 0 Å². The van der Waals surface area contributed by atoms with E-state index in [1.165, 1.54) is 6.92 Å². The van der Waals surface area contributed by atoms with Gasteiger partial charge in [-0.3, -0.25) is 4.79 Å². The van der Waals surface area contributed by atoms with Gasteiger partial charge in [0.05, 0.1) is 0 Å². The molecule has 2 aromatic rings. The van der Waals surface area contributed by atoms with Gasteiger partial charge in [-0.15, -0.1) is 0 Å². The summed E-state index contributed by atoms with van der Waals surface area (Å²) >= 11 is 0. The first kappa shape index (κ1) is 15.1. The van der Waals surface area contributed by atoms with E-state index in [2.05, 4.69) is 10.3 Å². The number of carbonyl (C=O) groups excluding carboxylic acids is 1. The maximum Gasteiger partial charge on any atom is 0.329 e. The highest BCUT2D eigenvalue weighted by Gasteiger charge is 2.34. The molecule has 1 heterocycles. The lowest BCUT2D eigenvalue weighted by molar-refractivity contribution is -0.144. The third kappa shape index (κ3) is 3.07. The predicted molar refractivity (Wildman–Crippen MR) is 81.5 cm³/mol. The molecule has 3 N–H and O–H groups in total. The van der Waals surface area contributed by atoms with Gasteiger partial charge in [-0.2, -0.15) is 0 Å². The lowest BCUT2D eigenvalue weighted by Gasteiger charge is -2.25. The first-order valence-electron chi connectivity index (χ1n) is 7.01. The van der Waals surface area contributed by atoms with Crippen molar-refractivity contribution in [2.75, 3.05) is 0 Å². The van der Waals surface area contributed by atoms with E-state index in [0.717, 1.165) is 16.5 Å². The standard InChI is InChI=1S/C16H20N2O3/c1-4-7-16(3,15(20)21)18-14(19)13-9-11-6-5-10(2)8-12(11)17-13/h5-6,8-9,17H,4,7H2,1-3H3,(H,18,19)(H,20,21). The Hall–Kier alpha value is -2.30. The fourth-order valence-electron chi connectivity index (χ4n) is 2.40. The Labute approximate surface area is 123 Å². The Balaban J connectivity index is 2.27. The third-order valence-corrected chi connectivity index (χ3v) is 3.63. The molecule has 0 fully saturated rings. The van der Waals surface area contributed by atoms with Crippen LogP contribution in [0.4, 0.5) is 0 Å². The molecule has 0 radical (unpaired) electrons. The predicted octanol–water partition coefficient (Wildman–Crippen LogP) is 2.85. The Kier molecular flexibility index (Phi) is 4.02. The zero-order chi connectivity index (χ0) is 15.6. The van der Waals surface area contributed by atoms with Crippen LogP contribution in [0.5, 0.6) is 0 Å². The second-order valence-corrected chi connectivity index (χ2v) is 5.62. The number of nitrogens with one attached hydrogen (secondary N) is 2. The highest BCUT2D eigenvalue weighted by atomic mass is 16.4. The molecule has 0 saturated heterocycles. The fourth-order valence-corrected chi connectivity index (χ4v) is 2.40. The zero-order valence-corrected chi connectivity index (χ0v) is 12.5. The molecule has 21 heavy (non-hydrogen) atoms. The minimum absolute atomic E-state index is 0.374. The van der Waals surface area contributed by atoms with Crippen LogP contribution in [0.25, 0.3) is 10.9 Å². The van der Waals surface area contributed by atoms with E-state index in [9.17, 15) is 14.7 Å². The van der Waals surface area contributed by atoms with Crippen LogP contribution in [0.15, 0.2) is 24.3 Å². The van der Waals surface area contributed by atoms with Crippen LogP contribution in [0, 0.1) is 6.92 Å². The Morgan fingerprint density at radius 3 is 2.67 bits per heavy atom. The van der Waals surface area contributed by atoms with Crippen molar-refractivity contribution in [2.45, 2.75) is 39.2 Å². The van der Waals surface area contributed by atoms with Gasteiger partial charge in [0.25, 0.3) is 5.91 Å². The summed E-state index contributed by atoms with van der Waals surface area (Å²) in [5.74, 6) is -1.42. The van der Waals surface area contributed by atoms with E-state index < -0.39 is 17.4 Å². The third-order valence-electron chi connectivity index (χ3n) is 3.63. The van der Waals surface area contributed by atoms with Crippen LogP contribution in [0.3, 0.4) is 0 Å². The molecule has 112 valence electrons. The van der Waals surface area contributed by atoms with Gasteiger partial charge in [0.2, 0.25) is 0 Å². The van der Waals surface area contributed by atoms with Crippen molar-refractivity contribution >= 4 is 22.8 Å². The number of hydrogen-bond acceptors (Lipinski definition) is 2. The Bertz CT molecular complexity index is 690. The normalized spacial score (nSPS) is 13.9. The van der Waals surface area contributed by atoms with Crippen molar-refractivity contribution in [1.82, 2.24) is 10.3 Å². The monoisotopic (exact) mass is 288 g/mol. The molecule has 5 nitrogen and oxygen atoms in total. The highest BCUT2D eigenvalue weighted by Crippen LogP contribution is 2.18. The van der Waals surface area contributed by atoms with Crippen LogP contribution in [-0.2, 0) is 4.79 Å². The summed E-state index contributed by atoms with van der Waals surface area (Å²) in [6.45, 7) is 5.39. The average Bonchev–Trinajstić information content (AvgIpc) is 2.81. The van der Waals surface area contributed by atoms with E-state index in [0.29, 0.717) is 18.5 Å². The van der Waals surface area contributed by atoms with Gasteiger partial charge in [0, 0.05) is 10.9 Å². The first-order chi connectivity index (χ1) is 9.85. The van der Waals surface area contributed by atoms with Gasteiger partial charge in [-0.05, 0) is 38.0 Å². The second kappa shape index (κ2) is 5.60. The minimum atomic E-state index is -1.25. The zero-order valence-electron chi connectivity index (χ0n) is 12.5. The summed E-state index contributed by atoms with van der Waals surface area (Å²) in [7, 11) is 0. The van der Waals surface area contributed by atoms with Crippen LogP contribution in [0.2, 0.25) is 0 Å². The molecule has 0 spiro atoms. The van der Waals surface area contributed by atoms with Crippen molar-refractivity contribution in [2.24, 2.45) is 0 Å². The number of hydrogen-bond donors (Lipinski definition) is 3.